The Morgan fingerprint density at radius 2 is 1.72 bits per heavy atom. The summed E-state index contributed by atoms with van der Waals surface area (Å²) in [5, 5.41) is 7.58. The molecule has 4 nitrogen and oxygen atoms in total. The predicted octanol–water partition coefficient (Wildman–Crippen LogP) is 3.50. The number of rotatable bonds is 2. The number of hydrogen-bond acceptors (Lipinski definition) is 3. The van der Waals surface area contributed by atoms with Gasteiger partial charge in [0.15, 0.2) is 5.78 Å². The summed E-state index contributed by atoms with van der Waals surface area (Å²) in [6, 6.07) is 1.82. The first-order valence-corrected chi connectivity index (χ1v) is 5.88. The molecule has 1 N–H and O–H groups in total. The quantitative estimate of drug-likeness (QED) is 0.821. The van der Waals surface area contributed by atoms with Crippen LogP contribution in [0.4, 0.5) is 5.82 Å². The molecule has 1 aromatic rings. The Kier molecular flexibility index (Phi) is 4.75. The summed E-state index contributed by atoms with van der Waals surface area (Å²) in [7, 11) is 1.80. The van der Waals surface area contributed by atoms with E-state index in [9.17, 15) is 4.79 Å². The SMILES string of the molecule is C.Cn1nc(NC(C)(C)C)cc1C(=O)C(C)(C)C. The van der Waals surface area contributed by atoms with Crippen molar-refractivity contribution in [3.63, 3.8) is 0 Å². The number of anilines is 1. The van der Waals surface area contributed by atoms with Crippen LogP contribution < -0.4 is 5.32 Å². The van der Waals surface area contributed by atoms with Gasteiger partial charge in [0.05, 0.1) is 0 Å². The molecular formula is C14H27N3O. The summed E-state index contributed by atoms with van der Waals surface area (Å²) < 4.78 is 1.64. The fraction of sp³-hybridized carbons (Fsp3) is 0.714. The van der Waals surface area contributed by atoms with Crippen molar-refractivity contribution < 1.29 is 4.79 Å². The normalized spacial score (nSPS) is 11.9. The second-order valence-electron chi connectivity index (χ2n) is 6.49. The first-order valence-electron chi connectivity index (χ1n) is 5.88. The van der Waals surface area contributed by atoms with E-state index in [-0.39, 0.29) is 24.2 Å². The van der Waals surface area contributed by atoms with E-state index in [4.69, 9.17) is 0 Å². The van der Waals surface area contributed by atoms with Gasteiger partial charge in [-0.1, -0.05) is 28.2 Å². The number of aryl methyl sites for hydroxylation is 1. The predicted molar refractivity (Wildman–Crippen MR) is 77.1 cm³/mol. The maximum atomic E-state index is 12.2. The minimum absolute atomic E-state index is 0. The molecule has 1 heterocycles. The highest BCUT2D eigenvalue weighted by Gasteiger charge is 2.26. The van der Waals surface area contributed by atoms with Crippen molar-refractivity contribution in [3.8, 4) is 0 Å². The second kappa shape index (κ2) is 5.12. The Labute approximate surface area is 111 Å². The van der Waals surface area contributed by atoms with Crippen molar-refractivity contribution in [3.05, 3.63) is 11.8 Å². The Bertz CT molecular complexity index is 419. The lowest BCUT2D eigenvalue weighted by atomic mass is 9.89. The minimum atomic E-state index is -0.382. The van der Waals surface area contributed by atoms with Gasteiger partial charge in [-0.3, -0.25) is 9.48 Å². The molecule has 1 aromatic heterocycles. The van der Waals surface area contributed by atoms with Crippen LogP contribution in [0.25, 0.3) is 0 Å². The van der Waals surface area contributed by atoms with Gasteiger partial charge in [-0.05, 0) is 20.8 Å². The molecule has 0 aliphatic rings. The van der Waals surface area contributed by atoms with Crippen molar-refractivity contribution in [1.29, 1.82) is 0 Å². The van der Waals surface area contributed by atoms with Gasteiger partial charge in [-0.25, -0.2) is 0 Å². The van der Waals surface area contributed by atoms with Gasteiger partial charge in [-0.15, -0.1) is 0 Å². The first-order chi connectivity index (χ1) is 7.50. The zero-order valence-corrected chi connectivity index (χ0v) is 11.9. The molecule has 0 atom stereocenters. The zero-order valence-electron chi connectivity index (χ0n) is 11.9. The number of nitrogens with zero attached hydrogens (tertiary/aromatic N) is 2. The van der Waals surface area contributed by atoms with E-state index in [0.29, 0.717) is 5.69 Å². The van der Waals surface area contributed by atoms with E-state index in [1.807, 2.05) is 26.8 Å². The van der Waals surface area contributed by atoms with Gasteiger partial charge >= 0.3 is 0 Å². The molecule has 104 valence electrons. The summed E-state index contributed by atoms with van der Waals surface area (Å²) in [6.07, 6.45) is 0. The minimum Gasteiger partial charge on any atom is -0.364 e. The Morgan fingerprint density at radius 3 is 2.11 bits per heavy atom. The van der Waals surface area contributed by atoms with Crippen LogP contribution in [0.3, 0.4) is 0 Å². The molecule has 1 rings (SSSR count). The Hall–Kier alpha value is -1.32. The van der Waals surface area contributed by atoms with Crippen LogP contribution in [0.15, 0.2) is 6.07 Å². The van der Waals surface area contributed by atoms with Crippen molar-refractivity contribution in [2.24, 2.45) is 12.5 Å². The third kappa shape index (κ3) is 4.17. The largest absolute Gasteiger partial charge is 0.364 e. The van der Waals surface area contributed by atoms with Gasteiger partial charge in [0, 0.05) is 24.1 Å². The molecule has 0 fully saturated rings. The molecule has 0 radical (unpaired) electrons. The molecule has 0 spiro atoms. The number of Topliss-reactive ketones (excluding diaryl/α,β-unsaturated/α-hetero) is 1. The molecular weight excluding hydrogens is 226 g/mol. The third-order valence-corrected chi connectivity index (χ3v) is 2.30. The highest BCUT2D eigenvalue weighted by molar-refractivity contribution is 5.99. The zero-order chi connectivity index (χ0) is 13.4. The van der Waals surface area contributed by atoms with Crippen LogP contribution in [0, 0.1) is 5.41 Å². The number of aromatic nitrogens is 2. The number of nitrogens with one attached hydrogen (secondary N) is 1. The van der Waals surface area contributed by atoms with E-state index in [1.165, 1.54) is 0 Å². The van der Waals surface area contributed by atoms with E-state index in [2.05, 4.69) is 31.2 Å². The van der Waals surface area contributed by atoms with Crippen molar-refractivity contribution in [2.75, 3.05) is 5.32 Å². The molecule has 0 aromatic carbocycles. The van der Waals surface area contributed by atoms with Gasteiger partial charge in [-0.2, -0.15) is 5.10 Å². The molecule has 4 heteroatoms. The van der Waals surface area contributed by atoms with Gasteiger partial charge < -0.3 is 5.32 Å². The summed E-state index contributed by atoms with van der Waals surface area (Å²) in [5.74, 6) is 0.849. The number of carbonyl (C=O) groups is 1. The van der Waals surface area contributed by atoms with E-state index < -0.39 is 0 Å². The van der Waals surface area contributed by atoms with E-state index in [1.54, 1.807) is 11.7 Å². The second-order valence-corrected chi connectivity index (χ2v) is 6.49. The van der Waals surface area contributed by atoms with Crippen LogP contribution in [0.5, 0.6) is 0 Å². The third-order valence-electron chi connectivity index (χ3n) is 2.30. The average molecular weight is 253 g/mol. The fourth-order valence-corrected chi connectivity index (χ4v) is 1.51. The highest BCUT2D eigenvalue weighted by Crippen LogP contribution is 2.23. The van der Waals surface area contributed by atoms with Crippen molar-refractivity contribution >= 4 is 11.6 Å². The van der Waals surface area contributed by atoms with Crippen LogP contribution in [0.1, 0.15) is 59.5 Å². The molecule has 0 saturated carbocycles. The first kappa shape index (κ1) is 16.7. The van der Waals surface area contributed by atoms with Crippen molar-refractivity contribution in [1.82, 2.24) is 9.78 Å². The van der Waals surface area contributed by atoms with E-state index >= 15 is 0 Å². The molecule has 0 saturated heterocycles. The maximum absolute atomic E-state index is 12.2. The summed E-state index contributed by atoms with van der Waals surface area (Å²) >= 11 is 0. The van der Waals surface area contributed by atoms with Crippen LogP contribution >= 0.6 is 0 Å². The summed E-state index contributed by atoms with van der Waals surface area (Å²) in [6.45, 7) is 11.9. The number of ketones is 1. The number of carbonyl (C=O) groups excluding carboxylic acids is 1. The Balaban J connectivity index is 0.00000289. The molecule has 0 aliphatic carbocycles. The van der Waals surface area contributed by atoms with Gasteiger partial charge in [0.25, 0.3) is 0 Å². The lowest BCUT2D eigenvalue weighted by Crippen LogP contribution is -2.26. The van der Waals surface area contributed by atoms with Gasteiger partial charge in [0.1, 0.15) is 11.5 Å². The highest BCUT2D eigenvalue weighted by atomic mass is 16.1. The maximum Gasteiger partial charge on any atom is 0.186 e. The monoisotopic (exact) mass is 253 g/mol. The topological polar surface area (TPSA) is 46.9 Å². The molecule has 0 amide bonds. The molecule has 0 unspecified atom stereocenters. The molecule has 0 aliphatic heterocycles. The standard InChI is InChI=1S/C13H23N3O.CH4/c1-12(2,3)11(17)9-8-10(15-16(9)7)14-13(4,5)6;/h8H,1-7H3,(H,14,15);1H4. The lowest BCUT2D eigenvalue weighted by molar-refractivity contribution is 0.0848. The fourth-order valence-electron chi connectivity index (χ4n) is 1.51. The average Bonchev–Trinajstić information content (AvgIpc) is 2.40. The van der Waals surface area contributed by atoms with Crippen molar-refractivity contribution in [2.45, 2.75) is 54.5 Å². The summed E-state index contributed by atoms with van der Waals surface area (Å²) in [5.41, 5.74) is 0.202. The van der Waals surface area contributed by atoms with Crippen LogP contribution in [-0.4, -0.2) is 21.1 Å². The molecule has 0 bridgehead atoms. The molecule has 18 heavy (non-hydrogen) atoms. The Morgan fingerprint density at radius 1 is 1.22 bits per heavy atom. The summed E-state index contributed by atoms with van der Waals surface area (Å²) in [4.78, 5) is 12.2. The van der Waals surface area contributed by atoms with Crippen LogP contribution in [-0.2, 0) is 7.05 Å². The lowest BCUT2D eigenvalue weighted by Gasteiger charge is -2.19. The van der Waals surface area contributed by atoms with Gasteiger partial charge in [0.2, 0.25) is 0 Å². The van der Waals surface area contributed by atoms with E-state index in [0.717, 1.165) is 5.82 Å². The van der Waals surface area contributed by atoms with Crippen LogP contribution in [0.2, 0.25) is 0 Å². The number of hydrogen-bond donors (Lipinski definition) is 1. The smallest absolute Gasteiger partial charge is 0.186 e.